The van der Waals surface area contributed by atoms with E-state index in [1.165, 1.54) is 6.42 Å². The minimum Gasteiger partial charge on any atom is -0.119 e. The van der Waals surface area contributed by atoms with Gasteiger partial charge in [0.05, 0.1) is 0 Å². The molecule has 0 bridgehead atoms. The first-order valence-electron chi connectivity index (χ1n) is 4.17. The summed E-state index contributed by atoms with van der Waals surface area (Å²) in [6.45, 7) is 0. The van der Waals surface area contributed by atoms with Crippen LogP contribution in [-0.4, -0.2) is 8.67 Å². The van der Waals surface area contributed by atoms with Crippen molar-refractivity contribution in [1.29, 1.82) is 0 Å². The Morgan fingerprint density at radius 2 is 1.50 bits per heavy atom. The van der Waals surface area contributed by atoms with Crippen LogP contribution in [0.25, 0.3) is 0 Å². The van der Waals surface area contributed by atoms with Crippen molar-refractivity contribution < 1.29 is 0 Å². The summed E-state index contributed by atoms with van der Waals surface area (Å²) in [7, 11) is 0. The van der Waals surface area contributed by atoms with Crippen LogP contribution in [0.2, 0.25) is 0 Å². The highest BCUT2D eigenvalue weighted by Gasteiger charge is 2.37. The molecule has 0 aromatic rings. The van der Waals surface area contributed by atoms with Crippen LogP contribution >= 0.6 is 46.4 Å². The summed E-state index contributed by atoms with van der Waals surface area (Å²) in [6, 6.07) is 0. The molecule has 0 spiro atoms. The van der Waals surface area contributed by atoms with E-state index in [-0.39, 0.29) is 4.87 Å². The lowest BCUT2D eigenvalue weighted by Crippen LogP contribution is -2.29. The van der Waals surface area contributed by atoms with Crippen LogP contribution in [0.4, 0.5) is 0 Å². The van der Waals surface area contributed by atoms with Crippen molar-refractivity contribution in [2.24, 2.45) is 0 Å². The fourth-order valence-corrected chi connectivity index (χ4v) is 3.16. The van der Waals surface area contributed by atoms with Crippen LogP contribution in [0.5, 0.6) is 0 Å². The summed E-state index contributed by atoms with van der Waals surface area (Å²) in [5.74, 6) is 0. The third kappa shape index (κ3) is 3.91. The first kappa shape index (κ1) is 11.2. The second-order valence-electron chi connectivity index (χ2n) is 3.50. The maximum atomic E-state index is 6.31. The summed E-state index contributed by atoms with van der Waals surface area (Å²) in [6.07, 6.45) is 5.99. The van der Waals surface area contributed by atoms with Crippen molar-refractivity contribution >= 4 is 46.4 Å². The molecule has 0 N–H and O–H groups in total. The molecule has 0 atom stereocenters. The fraction of sp³-hybridized carbons (Fsp3) is 1.00. The number of hydrogen-bond acceptors (Lipinski definition) is 0. The van der Waals surface area contributed by atoms with Gasteiger partial charge >= 0.3 is 0 Å². The van der Waals surface area contributed by atoms with Gasteiger partial charge in [-0.1, -0.05) is 54.1 Å². The maximum absolute atomic E-state index is 6.31. The van der Waals surface area contributed by atoms with Gasteiger partial charge in [-0.2, -0.15) is 0 Å². The lowest BCUT2D eigenvalue weighted by molar-refractivity contribution is 0.372. The van der Waals surface area contributed by atoms with Crippen LogP contribution in [0, 0.1) is 0 Å². The van der Waals surface area contributed by atoms with Gasteiger partial charge in [-0.05, 0) is 12.8 Å². The third-order valence-electron chi connectivity index (χ3n) is 2.27. The molecule has 12 heavy (non-hydrogen) atoms. The highest BCUT2D eigenvalue weighted by molar-refractivity contribution is 6.67. The monoisotopic (exact) mass is 248 g/mol. The number of rotatable bonds is 1. The Hall–Kier alpha value is 1.16. The molecule has 0 saturated heterocycles. The summed E-state index contributed by atoms with van der Waals surface area (Å²) in [5.41, 5.74) is 0. The Kier molecular flexibility index (Phi) is 3.86. The summed E-state index contributed by atoms with van der Waals surface area (Å²) >= 11 is 23.4. The lowest BCUT2D eigenvalue weighted by atomic mass is 9.86. The van der Waals surface area contributed by atoms with Gasteiger partial charge in [0.15, 0.2) is 3.79 Å². The average Bonchev–Trinajstić information content (AvgIpc) is 1.83. The summed E-state index contributed by atoms with van der Waals surface area (Å²) in [5, 5.41) is 0. The van der Waals surface area contributed by atoms with E-state index in [2.05, 4.69) is 0 Å². The minimum absolute atomic E-state index is 0.260. The molecule has 0 aromatic carbocycles. The van der Waals surface area contributed by atoms with Gasteiger partial charge in [0.1, 0.15) is 0 Å². The van der Waals surface area contributed by atoms with Crippen molar-refractivity contribution in [2.45, 2.75) is 47.2 Å². The largest absolute Gasteiger partial charge is 0.192 e. The molecule has 4 heteroatoms. The summed E-state index contributed by atoms with van der Waals surface area (Å²) in [4.78, 5) is -0.260. The SMILES string of the molecule is ClC(Cl)(Cl)CC1(Cl)CCCCC1. The molecule has 1 saturated carbocycles. The Morgan fingerprint density at radius 1 is 1.00 bits per heavy atom. The molecule has 1 rings (SSSR count). The minimum atomic E-state index is -1.20. The lowest BCUT2D eigenvalue weighted by Gasteiger charge is -2.33. The molecule has 72 valence electrons. The molecule has 0 unspecified atom stereocenters. The van der Waals surface area contributed by atoms with Crippen molar-refractivity contribution in [3.8, 4) is 0 Å². The van der Waals surface area contributed by atoms with Crippen LogP contribution in [-0.2, 0) is 0 Å². The van der Waals surface area contributed by atoms with Gasteiger partial charge in [0.2, 0.25) is 0 Å². The second-order valence-corrected chi connectivity index (χ2v) is 6.82. The van der Waals surface area contributed by atoms with Crippen LogP contribution in [0.15, 0.2) is 0 Å². The second kappa shape index (κ2) is 4.13. The zero-order valence-electron chi connectivity index (χ0n) is 6.75. The van der Waals surface area contributed by atoms with Gasteiger partial charge in [0.25, 0.3) is 0 Å². The average molecular weight is 250 g/mol. The molecule has 0 nitrogen and oxygen atoms in total. The number of hydrogen-bond donors (Lipinski definition) is 0. The Bertz CT molecular complexity index is 144. The maximum Gasteiger partial charge on any atom is 0.192 e. The predicted molar refractivity (Wildman–Crippen MR) is 56.6 cm³/mol. The van der Waals surface area contributed by atoms with Crippen molar-refractivity contribution in [3.63, 3.8) is 0 Å². The van der Waals surface area contributed by atoms with E-state index >= 15 is 0 Å². The molecule has 0 amide bonds. The Labute approximate surface area is 93.5 Å². The van der Waals surface area contributed by atoms with Crippen molar-refractivity contribution in [2.75, 3.05) is 0 Å². The van der Waals surface area contributed by atoms with Gasteiger partial charge in [-0.25, -0.2) is 0 Å². The highest BCUT2D eigenvalue weighted by Crippen LogP contribution is 2.45. The van der Waals surface area contributed by atoms with Gasteiger partial charge < -0.3 is 0 Å². The molecule has 1 aliphatic carbocycles. The van der Waals surface area contributed by atoms with E-state index in [4.69, 9.17) is 46.4 Å². The molecule has 1 fully saturated rings. The molecule has 0 aromatic heterocycles. The third-order valence-corrected chi connectivity index (χ3v) is 3.18. The molecule has 0 aliphatic heterocycles. The van der Waals surface area contributed by atoms with E-state index in [0.717, 1.165) is 25.7 Å². The quantitative estimate of drug-likeness (QED) is 0.592. The van der Waals surface area contributed by atoms with E-state index in [0.29, 0.717) is 6.42 Å². The summed E-state index contributed by atoms with van der Waals surface area (Å²) < 4.78 is -1.20. The predicted octanol–water partition coefficient (Wildman–Crippen LogP) is 4.69. The van der Waals surface area contributed by atoms with Gasteiger partial charge in [0, 0.05) is 11.3 Å². The molecular formula is C8H12Cl4. The Morgan fingerprint density at radius 3 is 1.92 bits per heavy atom. The van der Waals surface area contributed by atoms with Gasteiger partial charge in [-0.3, -0.25) is 0 Å². The zero-order valence-corrected chi connectivity index (χ0v) is 9.78. The molecule has 1 aliphatic rings. The molecule has 0 heterocycles. The fourth-order valence-electron chi connectivity index (χ4n) is 1.72. The normalized spacial score (nSPS) is 24.0. The number of alkyl halides is 4. The zero-order chi connectivity index (χ0) is 9.24. The Balaban J connectivity index is 2.47. The smallest absolute Gasteiger partial charge is 0.119 e. The van der Waals surface area contributed by atoms with E-state index in [9.17, 15) is 0 Å². The van der Waals surface area contributed by atoms with Crippen molar-refractivity contribution in [3.05, 3.63) is 0 Å². The molecule has 0 radical (unpaired) electrons. The van der Waals surface area contributed by atoms with Crippen LogP contribution in [0.3, 0.4) is 0 Å². The van der Waals surface area contributed by atoms with Crippen LogP contribution in [0.1, 0.15) is 38.5 Å². The van der Waals surface area contributed by atoms with Gasteiger partial charge in [-0.15, -0.1) is 11.6 Å². The van der Waals surface area contributed by atoms with Crippen LogP contribution < -0.4 is 0 Å². The van der Waals surface area contributed by atoms with E-state index < -0.39 is 3.79 Å². The topological polar surface area (TPSA) is 0 Å². The standard InChI is InChI=1S/C8H12Cl4/c9-7(6-8(10,11)12)4-2-1-3-5-7/h1-6H2. The first-order valence-corrected chi connectivity index (χ1v) is 5.68. The van der Waals surface area contributed by atoms with Crippen molar-refractivity contribution in [1.82, 2.24) is 0 Å². The first-order chi connectivity index (χ1) is 5.41. The van der Waals surface area contributed by atoms with E-state index in [1.54, 1.807) is 0 Å². The highest BCUT2D eigenvalue weighted by atomic mass is 35.6. The number of halogens is 4. The van der Waals surface area contributed by atoms with E-state index in [1.807, 2.05) is 0 Å². The molecular weight excluding hydrogens is 238 g/mol.